The number of ether oxygens (including phenoxy) is 1. The minimum absolute atomic E-state index is 0.0220. The lowest BCUT2D eigenvalue weighted by Crippen LogP contribution is -2.39. The molecule has 0 bridgehead atoms. The third-order valence-corrected chi connectivity index (χ3v) is 3.10. The summed E-state index contributed by atoms with van der Waals surface area (Å²) in [6.45, 7) is 7.71. The van der Waals surface area contributed by atoms with Crippen LogP contribution in [0.15, 0.2) is 0 Å². The number of hydrogen-bond donors (Lipinski definition) is 0. The van der Waals surface area contributed by atoms with E-state index < -0.39 is 5.41 Å². The largest absolute Gasteiger partial charge is 0.465 e. The summed E-state index contributed by atoms with van der Waals surface area (Å²) in [5.74, 6) is 0.643. The van der Waals surface area contributed by atoms with Crippen LogP contribution in [0.5, 0.6) is 0 Å². The maximum absolute atomic E-state index is 11.7. The van der Waals surface area contributed by atoms with Gasteiger partial charge in [-0.2, -0.15) is 0 Å². The van der Waals surface area contributed by atoms with Crippen LogP contribution in [0.2, 0.25) is 0 Å². The number of ketones is 1. The predicted molar refractivity (Wildman–Crippen MR) is 52.4 cm³/mol. The highest BCUT2D eigenvalue weighted by atomic mass is 16.5. The minimum atomic E-state index is -0.937. The average molecular weight is 197 g/mol. The maximum Gasteiger partial charge on any atom is 0.319 e. The molecule has 0 amide bonds. The topological polar surface area (TPSA) is 43.4 Å². The molecule has 1 saturated heterocycles. The highest BCUT2D eigenvalue weighted by molar-refractivity contribution is 6.05. The van der Waals surface area contributed by atoms with Crippen molar-refractivity contribution in [2.24, 2.45) is 11.3 Å². The lowest BCUT2D eigenvalue weighted by molar-refractivity contribution is -0.150. The van der Waals surface area contributed by atoms with Crippen LogP contribution in [-0.2, 0) is 14.3 Å². The Labute approximate surface area is 84.8 Å². The van der Waals surface area contributed by atoms with Gasteiger partial charge in [-0.3, -0.25) is 9.59 Å². The van der Waals surface area contributed by atoms with E-state index in [0.29, 0.717) is 13.0 Å². The molecule has 0 N–H and O–H groups in total. The van der Waals surface area contributed by atoms with E-state index >= 15 is 0 Å². The van der Waals surface area contributed by atoms with E-state index in [0.717, 1.165) is 5.92 Å². The van der Waals surface area contributed by atoms with Gasteiger partial charge in [0.2, 0.25) is 0 Å². The Morgan fingerprint density at radius 2 is 2.14 bits per heavy atom. The van der Waals surface area contributed by atoms with Gasteiger partial charge in [0.25, 0.3) is 0 Å². The fraction of sp³-hybridized carbons (Fsp3) is 0.727. The Morgan fingerprint density at radius 1 is 1.57 bits per heavy atom. The number of Topliss-reactive ketones (excluding diaryl/α,β-unsaturated/α-hetero) is 1. The van der Waals surface area contributed by atoms with E-state index in [1.807, 2.05) is 13.8 Å². The van der Waals surface area contributed by atoms with Crippen LogP contribution < -0.4 is 0 Å². The number of cyclic esters (lactones) is 1. The van der Waals surface area contributed by atoms with Crippen LogP contribution >= 0.6 is 0 Å². The van der Waals surface area contributed by atoms with Crippen LogP contribution in [0.3, 0.4) is 0 Å². The second kappa shape index (κ2) is 3.71. The third kappa shape index (κ3) is 1.45. The van der Waals surface area contributed by atoms with Crippen molar-refractivity contribution in [2.75, 3.05) is 6.61 Å². The van der Waals surface area contributed by atoms with Gasteiger partial charge in [0, 0.05) is 12.3 Å². The lowest BCUT2D eigenvalue weighted by Gasteiger charge is -2.26. The fourth-order valence-corrected chi connectivity index (χ4v) is 2.04. The number of carbonyl (C=O) groups excluding carboxylic acids is 2. The maximum atomic E-state index is 11.7. The first-order valence-corrected chi connectivity index (χ1v) is 4.95. The summed E-state index contributed by atoms with van der Waals surface area (Å²) in [5, 5.41) is 0. The highest BCUT2D eigenvalue weighted by Crippen LogP contribution is 2.42. The lowest BCUT2D eigenvalue weighted by atomic mass is 9.70. The molecule has 0 saturated carbocycles. The number of carbonyl (C=O) groups is 2. The standard InChI is InChI=1S/C11H17O3/c1-5-9(12)11(4)8(7(2)3)6-14-10(11)13/h8H,5-6H2,1-4H3/t8-,11-/m0/s1. The molecule has 14 heavy (non-hydrogen) atoms. The van der Waals surface area contributed by atoms with Gasteiger partial charge in [-0.05, 0) is 12.8 Å². The highest BCUT2D eigenvalue weighted by Gasteiger charge is 2.54. The molecule has 79 valence electrons. The second-order valence-electron chi connectivity index (χ2n) is 4.21. The van der Waals surface area contributed by atoms with Gasteiger partial charge in [-0.1, -0.05) is 20.8 Å². The molecule has 1 heterocycles. The van der Waals surface area contributed by atoms with E-state index in [1.165, 1.54) is 0 Å². The second-order valence-corrected chi connectivity index (χ2v) is 4.21. The molecule has 0 spiro atoms. The number of hydrogen-bond acceptors (Lipinski definition) is 3. The van der Waals surface area contributed by atoms with Crippen molar-refractivity contribution in [1.29, 1.82) is 0 Å². The Balaban J connectivity index is 3.01. The molecule has 0 aromatic rings. The molecule has 3 heteroatoms. The molecular weight excluding hydrogens is 180 g/mol. The van der Waals surface area contributed by atoms with Gasteiger partial charge in [0.05, 0.1) is 6.61 Å². The molecule has 0 aromatic heterocycles. The van der Waals surface area contributed by atoms with Gasteiger partial charge in [0.1, 0.15) is 11.2 Å². The van der Waals surface area contributed by atoms with Crippen molar-refractivity contribution < 1.29 is 14.3 Å². The Bertz CT molecular complexity index is 257. The van der Waals surface area contributed by atoms with Crippen molar-refractivity contribution in [3.8, 4) is 0 Å². The molecular formula is C11H17O3. The summed E-state index contributed by atoms with van der Waals surface area (Å²) in [7, 11) is 0. The van der Waals surface area contributed by atoms with Gasteiger partial charge >= 0.3 is 5.97 Å². The predicted octanol–water partition coefficient (Wildman–Crippen LogP) is 1.76. The van der Waals surface area contributed by atoms with Crippen molar-refractivity contribution in [1.82, 2.24) is 0 Å². The molecule has 0 aliphatic carbocycles. The summed E-state index contributed by atoms with van der Waals surface area (Å²) in [6.07, 6.45) is 0.384. The van der Waals surface area contributed by atoms with Gasteiger partial charge < -0.3 is 4.74 Å². The molecule has 0 unspecified atom stereocenters. The SMILES string of the molecule is CCC(=O)[C@@]1(C)C(=O)OC[C@H]1[C](C)C. The first-order chi connectivity index (χ1) is 6.44. The minimum Gasteiger partial charge on any atom is -0.465 e. The Morgan fingerprint density at radius 3 is 2.57 bits per heavy atom. The summed E-state index contributed by atoms with van der Waals surface area (Å²) >= 11 is 0. The normalized spacial score (nSPS) is 32.1. The summed E-state index contributed by atoms with van der Waals surface area (Å²) in [4.78, 5) is 23.3. The number of esters is 1. The Kier molecular flexibility index (Phi) is 2.98. The monoisotopic (exact) mass is 197 g/mol. The van der Waals surface area contributed by atoms with Crippen LogP contribution in [0.1, 0.15) is 34.1 Å². The van der Waals surface area contributed by atoms with Gasteiger partial charge in [0.15, 0.2) is 0 Å². The quantitative estimate of drug-likeness (QED) is 0.511. The molecule has 1 fully saturated rings. The van der Waals surface area contributed by atoms with Crippen LogP contribution in [0.25, 0.3) is 0 Å². The first kappa shape index (κ1) is 11.2. The first-order valence-electron chi connectivity index (χ1n) is 4.95. The zero-order valence-electron chi connectivity index (χ0n) is 9.22. The molecule has 1 aliphatic heterocycles. The van der Waals surface area contributed by atoms with Crippen molar-refractivity contribution in [3.05, 3.63) is 5.92 Å². The summed E-state index contributed by atoms with van der Waals surface area (Å²) < 4.78 is 4.98. The van der Waals surface area contributed by atoms with E-state index in [9.17, 15) is 9.59 Å². The molecule has 3 nitrogen and oxygen atoms in total. The zero-order valence-corrected chi connectivity index (χ0v) is 9.22. The van der Waals surface area contributed by atoms with Gasteiger partial charge in [-0.15, -0.1) is 0 Å². The number of rotatable bonds is 3. The molecule has 0 aromatic carbocycles. The summed E-state index contributed by atoms with van der Waals surface area (Å²) in [6, 6.07) is 0. The van der Waals surface area contributed by atoms with E-state index in [1.54, 1.807) is 13.8 Å². The van der Waals surface area contributed by atoms with E-state index in [4.69, 9.17) is 4.74 Å². The van der Waals surface area contributed by atoms with Crippen LogP contribution in [0.4, 0.5) is 0 Å². The zero-order chi connectivity index (χ0) is 10.9. The summed E-state index contributed by atoms with van der Waals surface area (Å²) in [5.41, 5.74) is -0.937. The molecule has 1 aliphatic rings. The van der Waals surface area contributed by atoms with Crippen molar-refractivity contribution >= 4 is 11.8 Å². The van der Waals surface area contributed by atoms with Crippen LogP contribution in [0, 0.1) is 17.3 Å². The van der Waals surface area contributed by atoms with Gasteiger partial charge in [-0.25, -0.2) is 0 Å². The van der Waals surface area contributed by atoms with Crippen molar-refractivity contribution in [3.63, 3.8) is 0 Å². The molecule has 1 radical (unpaired) electrons. The average Bonchev–Trinajstić information content (AvgIpc) is 2.43. The fourth-order valence-electron chi connectivity index (χ4n) is 2.04. The molecule has 2 atom stereocenters. The smallest absolute Gasteiger partial charge is 0.319 e. The third-order valence-electron chi connectivity index (χ3n) is 3.10. The van der Waals surface area contributed by atoms with E-state index in [-0.39, 0.29) is 17.7 Å². The van der Waals surface area contributed by atoms with Crippen LogP contribution in [-0.4, -0.2) is 18.4 Å². The Hall–Kier alpha value is -0.860. The molecule has 1 rings (SSSR count). The van der Waals surface area contributed by atoms with E-state index in [2.05, 4.69) is 0 Å². The van der Waals surface area contributed by atoms with Crippen molar-refractivity contribution in [2.45, 2.75) is 34.1 Å².